The van der Waals surface area contributed by atoms with E-state index in [1.165, 1.54) is 0 Å². The molecule has 0 saturated carbocycles. The maximum atomic E-state index is 12.1. The number of carbonyl (C=O) groups excluding carboxylic acids is 1. The number of nitrogens with zero attached hydrogens (tertiary/aromatic N) is 1. The fourth-order valence-corrected chi connectivity index (χ4v) is 3.54. The largest absolute Gasteiger partial charge is 0.361 e. The molecule has 2 aromatic rings. The van der Waals surface area contributed by atoms with Crippen LogP contribution in [0.15, 0.2) is 39.8 Å². The maximum absolute atomic E-state index is 12.1. The summed E-state index contributed by atoms with van der Waals surface area (Å²) >= 11 is 0. The molecule has 0 bridgehead atoms. The third-order valence-electron chi connectivity index (χ3n) is 3.53. The van der Waals surface area contributed by atoms with Crippen molar-refractivity contribution in [3.8, 4) is 0 Å². The number of rotatable bonds is 7. The van der Waals surface area contributed by atoms with Gasteiger partial charge in [-0.1, -0.05) is 23.4 Å². The zero-order chi connectivity index (χ0) is 16.9. The Kier molecular flexibility index (Phi) is 5.54. The van der Waals surface area contributed by atoms with Crippen LogP contribution in [0, 0.1) is 13.8 Å². The van der Waals surface area contributed by atoms with Gasteiger partial charge in [0.1, 0.15) is 5.76 Å². The first-order valence-corrected chi connectivity index (χ1v) is 9.01. The summed E-state index contributed by atoms with van der Waals surface area (Å²) in [5.74, 6) is 0.462. The number of sulfone groups is 1. The van der Waals surface area contributed by atoms with Gasteiger partial charge in [-0.25, -0.2) is 8.42 Å². The van der Waals surface area contributed by atoms with Crippen molar-refractivity contribution < 1.29 is 17.7 Å². The van der Waals surface area contributed by atoms with Gasteiger partial charge in [0.25, 0.3) is 0 Å². The molecular formula is C16H20N2O4S. The number of carbonyl (C=O) groups is 1. The lowest BCUT2D eigenvalue weighted by Crippen LogP contribution is -2.27. The van der Waals surface area contributed by atoms with Gasteiger partial charge in [-0.15, -0.1) is 0 Å². The molecule has 1 N–H and O–H groups in total. The summed E-state index contributed by atoms with van der Waals surface area (Å²) in [5.41, 5.74) is 1.48. The molecule has 0 atom stereocenters. The highest BCUT2D eigenvalue weighted by atomic mass is 32.2. The summed E-state index contributed by atoms with van der Waals surface area (Å²) in [7, 11) is -3.30. The van der Waals surface area contributed by atoms with E-state index >= 15 is 0 Å². The van der Waals surface area contributed by atoms with Gasteiger partial charge in [-0.05, 0) is 32.4 Å². The van der Waals surface area contributed by atoms with E-state index in [0.29, 0.717) is 29.3 Å². The minimum absolute atomic E-state index is 0.00259. The van der Waals surface area contributed by atoms with E-state index in [2.05, 4.69) is 10.5 Å². The highest BCUT2D eigenvalue weighted by Gasteiger charge is 2.15. The van der Waals surface area contributed by atoms with Crippen molar-refractivity contribution >= 4 is 15.7 Å². The van der Waals surface area contributed by atoms with Crippen LogP contribution in [-0.2, 0) is 21.1 Å². The van der Waals surface area contributed by atoms with Gasteiger partial charge in [-0.3, -0.25) is 4.79 Å². The second kappa shape index (κ2) is 7.41. The Labute approximate surface area is 135 Å². The van der Waals surface area contributed by atoms with Crippen molar-refractivity contribution in [1.29, 1.82) is 0 Å². The molecule has 124 valence electrons. The monoisotopic (exact) mass is 336 g/mol. The van der Waals surface area contributed by atoms with Crippen LogP contribution in [0.5, 0.6) is 0 Å². The van der Waals surface area contributed by atoms with Crippen LogP contribution < -0.4 is 5.32 Å². The van der Waals surface area contributed by atoms with E-state index in [0.717, 1.165) is 5.56 Å². The van der Waals surface area contributed by atoms with Crippen LogP contribution in [0.4, 0.5) is 0 Å². The number of aryl methyl sites for hydroxylation is 2. The molecule has 0 saturated heterocycles. The molecule has 0 aliphatic carbocycles. The molecule has 2 rings (SSSR count). The number of benzene rings is 1. The lowest BCUT2D eigenvalue weighted by molar-refractivity contribution is -0.120. The molecule has 23 heavy (non-hydrogen) atoms. The molecule has 0 aliphatic heterocycles. The fourth-order valence-electron chi connectivity index (χ4n) is 2.21. The molecule has 0 radical (unpaired) electrons. The Morgan fingerprint density at radius 3 is 2.52 bits per heavy atom. The van der Waals surface area contributed by atoms with Gasteiger partial charge in [0.2, 0.25) is 5.91 Å². The Hall–Kier alpha value is -2.15. The molecule has 1 aromatic heterocycles. The minimum atomic E-state index is -3.30. The van der Waals surface area contributed by atoms with E-state index in [4.69, 9.17) is 4.52 Å². The van der Waals surface area contributed by atoms with Crippen molar-refractivity contribution in [3.63, 3.8) is 0 Å². The van der Waals surface area contributed by atoms with Crippen molar-refractivity contribution in [1.82, 2.24) is 10.5 Å². The van der Waals surface area contributed by atoms with Crippen molar-refractivity contribution in [2.45, 2.75) is 31.6 Å². The van der Waals surface area contributed by atoms with Crippen LogP contribution in [0.1, 0.15) is 23.4 Å². The molecule has 0 fully saturated rings. The molecule has 0 spiro atoms. The van der Waals surface area contributed by atoms with E-state index < -0.39 is 9.84 Å². The predicted octanol–water partition coefficient (Wildman–Crippen LogP) is 1.81. The summed E-state index contributed by atoms with van der Waals surface area (Å²) in [4.78, 5) is 12.2. The molecule has 0 unspecified atom stereocenters. The number of aromatic nitrogens is 1. The first kappa shape index (κ1) is 17.2. The average Bonchev–Trinajstić information content (AvgIpc) is 2.84. The third-order valence-corrected chi connectivity index (χ3v) is 5.35. The average molecular weight is 336 g/mol. The number of nitrogens with one attached hydrogen (secondary N) is 1. The lowest BCUT2D eigenvalue weighted by Gasteiger charge is -2.06. The first-order chi connectivity index (χ1) is 10.9. The first-order valence-electron chi connectivity index (χ1n) is 7.36. The van der Waals surface area contributed by atoms with Gasteiger partial charge in [0, 0.05) is 12.1 Å². The van der Waals surface area contributed by atoms with Gasteiger partial charge in [0.15, 0.2) is 9.84 Å². The second-order valence-corrected chi connectivity index (χ2v) is 7.42. The van der Waals surface area contributed by atoms with E-state index in [9.17, 15) is 13.2 Å². The highest BCUT2D eigenvalue weighted by Crippen LogP contribution is 2.13. The van der Waals surface area contributed by atoms with Crippen LogP contribution in [-0.4, -0.2) is 31.8 Å². The van der Waals surface area contributed by atoms with Gasteiger partial charge < -0.3 is 9.84 Å². The summed E-state index contributed by atoms with van der Waals surface area (Å²) in [6.45, 7) is 3.86. The normalized spacial score (nSPS) is 11.4. The lowest BCUT2D eigenvalue weighted by atomic mass is 10.1. The quantitative estimate of drug-likeness (QED) is 0.779. The highest BCUT2D eigenvalue weighted by molar-refractivity contribution is 7.91. The molecule has 7 heteroatoms. The summed E-state index contributed by atoms with van der Waals surface area (Å²) in [6.07, 6.45) is 0.553. The Balaban J connectivity index is 1.78. The zero-order valence-corrected chi connectivity index (χ0v) is 14.0. The van der Waals surface area contributed by atoms with E-state index in [1.54, 1.807) is 44.2 Å². The van der Waals surface area contributed by atoms with Crippen LogP contribution in [0.25, 0.3) is 0 Å². The molecular weight excluding hydrogens is 316 g/mol. The van der Waals surface area contributed by atoms with Gasteiger partial charge in [-0.2, -0.15) is 0 Å². The molecule has 1 aromatic carbocycles. The van der Waals surface area contributed by atoms with E-state index in [-0.39, 0.29) is 18.1 Å². The topological polar surface area (TPSA) is 89.3 Å². The number of amides is 1. The Morgan fingerprint density at radius 2 is 1.91 bits per heavy atom. The van der Waals surface area contributed by atoms with Crippen molar-refractivity contribution in [3.05, 3.63) is 47.3 Å². The Bertz CT molecular complexity index is 747. The molecule has 1 amide bonds. The molecule has 0 aliphatic rings. The second-order valence-electron chi connectivity index (χ2n) is 5.31. The van der Waals surface area contributed by atoms with Crippen LogP contribution in [0.2, 0.25) is 0 Å². The fraction of sp³-hybridized carbons (Fsp3) is 0.375. The standard InChI is InChI=1S/C16H20N2O4S/c1-12-15(13(2)22-18-12)11-16(19)17-9-6-10-23(20,21)14-7-4-3-5-8-14/h3-5,7-8H,6,9-11H2,1-2H3,(H,17,19). The van der Waals surface area contributed by atoms with E-state index in [1.807, 2.05) is 0 Å². The predicted molar refractivity (Wildman–Crippen MR) is 85.8 cm³/mol. The number of hydrogen-bond acceptors (Lipinski definition) is 5. The zero-order valence-electron chi connectivity index (χ0n) is 13.2. The third kappa shape index (κ3) is 4.66. The minimum Gasteiger partial charge on any atom is -0.361 e. The summed E-state index contributed by atoms with van der Waals surface area (Å²) in [6, 6.07) is 8.31. The number of hydrogen-bond donors (Lipinski definition) is 1. The SMILES string of the molecule is Cc1noc(C)c1CC(=O)NCCCS(=O)(=O)c1ccccc1. The summed E-state index contributed by atoms with van der Waals surface area (Å²) in [5, 5.41) is 6.52. The molecule has 1 heterocycles. The van der Waals surface area contributed by atoms with Crippen molar-refractivity contribution in [2.24, 2.45) is 0 Å². The van der Waals surface area contributed by atoms with Crippen molar-refractivity contribution in [2.75, 3.05) is 12.3 Å². The summed E-state index contributed by atoms with van der Waals surface area (Å²) < 4.78 is 29.2. The maximum Gasteiger partial charge on any atom is 0.224 e. The van der Waals surface area contributed by atoms with Gasteiger partial charge >= 0.3 is 0 Å². The van der Waals surface area contributed by atoms with Crippen LogP contribution in [0.3, 0.4) is 0 Å². The smallest absolute Gasteiger partial charge is 0.224 e. The molecule has 6 nitrogen and oxygen atoms in total. The van der Waals surface area contributed by atoms with Crippen LogP contribution >= 0.6 is 0 Å². The van der Waals surface area contributed by atoms with Gasteiger partial charge in [0.05, 0.1) is 22.8 Å². The Morgan fingerprint density at radius 1 is 1.22 bits per heavy atom.